The van der Waals surface area contributed by atoms with E-state index in [1.807, 2.05) is 0 Å². The Bertz CT molecular complexity index is 1150. The van der Waals surface area contributed by atoms with Crippen LogP contribution < -0.4 is 9.62 Å². The summed E-state index contributed by atoms with van der Waals surface area (Å²) in [5, 5.41) is 2.65. The number of rotatable bonds is 7. The Balaban J connectivity index is 1.72. The standard InChI is InChI=1S/C22H29N3O5S2/c1-18-9-5-6-10-21(18)25(31(2,27)28)17-22(26)23-19-11-13-20(14-12-19)32(29,30)24-15-7-3-4-8-16-24/h5-6,9-14H,3-4,7-8,15-17H2,1-2H3,(H,23,26). The van der Waals surface area contributed by atoms with Crippen LogP contribution in [0.25, 0.3) is 0 Å². The third kappa shape index (κ3) is 5.87. The average molecular weight is 480 g/mol. The number of carbonyl (C=O) groups excluding carboxylic acids is 1. The molecule has 10 heteroatoms. The summed E-state index contributed by atoms with van der Waals surface area (Å²) in [6, 6.07) is 12.9. The van der Waals surface area contributed by atoms with Gasteiger partial charge in [0.2, 0.25) is 26.0 Å². The van der Waals surface area contributed by atoms with E-state index in [1.165, 1.54) is 28.6 Å². The van der Waals surface area contributed by atoms with Crippen LogP contribution in [0.3, 0.4) is 0 Å². The van der Waals surface area contributed by atoms with E-state index in [9.17, 15) is 21.6 Å². The maximum Gasteiger partial charge on any atom is 0.245 e. The molecule has 2 aromatic carbocycles. The minimum absolute atomic E-state index is 0.176. The molecule has 1 aliphatic heterocycles. The molecule has 1 heterocycles. The largest absolute Gasteiger partial charge is 0.325 e. The Morgan fingerprint density at radius 2 is 1.53 bits per heavy atom. The second-order valence-corrected chi connectivity index (χ2v) is 11.8. The van der Waals surface area contributed by atoms with Crippen LogP contribution in [-0.2, 0) is 24.8 Å². The Labute approximate surface area is 190 Å². The maximum absolute atomic E-state index is 12.9. The fourth-order valence-corrected chi connectivity index (χ4v) is 6.13. The molecular weight excluding hydrogens is 450 g/mol. The fourth-order valence-electron chi connectivity index (χ4n) is 3.70. The highest BCUT2D eigenvalue weighted by Gasteiger charge is 2.25. The number of amides is 1. The first-order chi connectivity index (χ1) is 15.1. The molecule has 0 aromatic heterocycles. The molecule has 174 valence electrons. The van der Waals surface area contributed by atoms with Crippen molar-refractivity contribution in [1.29, 1.82) is 0 Å². The Morgan fingerprint density at radius 3 is 2.09 bits per heavy atom. The molecule has 1 aliphatic rings. The summed E-state index contributed by atoms with van der Waals surface area (Å²) in [5.41, 5.74) is 1.56. The van der Waals surface area contributed by atoms with Crippen molar-refractivity contribution in [3.63, 3.8) is 0 Å². The van der Waals surface area contributed by atoms with Crippen molar-refractivity contribution in [3.8, 4) is 0 Å². The molecule has 3 rings (SSSR count). The summed E-state index contributed by atoms with van der Waals surface area (Å²) in [7, 11) is -7.26. The SMILES string of the molecule is Cc1ccccc1N(CC(=O)Nc1ccc(S(=O)(=O)N2CCCCCC2)cc1)S(C)(=O)=O. The van der Waals surface area contributed by atoms with Crippen LogP contribution in [0.2, 0.25) is 0 Å². The quantitative estimate of drug-likeness (QED) is 0.658. The zero-order chi connectivity index (χ0) is 23.4. The van der Waals surface area contributed by atoms with Gasteiger partial charge in [0.05, 0.1) is 16.8 Å². The zero-order valence-electron chi connectivity index (χ0n) is 18.3. The Morgan fingerprint density at radius 1 is 0.938 bits per heavy atom. The molecule has 0 spiro atoms. The molecule has 0 saturated carbocycles. The molecule has 2 aromatic rings. The molecule has 32 heavy (non-hydrogen) atoms. The first-order valence-corrected chi connectivity index (χ1v) is 13.8. The highest BCUT2D eigenvalue weighted by molar-refractivity contribution is 7.92. The molecule has 1 saturated heterocycles. The van der Waals surface area contributed by atoms with Crippen LogP contribution in [0.4, 0.5) is 11.4 Å². The number of aryl methyl sites for hydroxylation is 1. The van der Waals surface area contributed by atoms with Crippen molar-refractivity contribution in [2.75, 3.05) is 35.5 Å². The minimum atomic E-state index is -3.68. The van der Waals surface area contributed by atoms with Crippen molar-refractivity contribution < 1.29 is 21.6 Å². The van der Waals surface area contributed by atoms with Crippen LogP contribution in [0.15, 0.2) is 53.4 Å². The number of sulfonamides is 2. The summed E-state index contributed by atoms with van der Waals surface area (Å²) in [6.07, 6.45) is 4.82. The number of benzene rings is 2. The average Bonchev–Trinajstić information content (AvgIpc) is 3.02. The van der Waals surface area contributed by atoms with E-state index in [0.717, 1.165) is 41.8 Å². The molecule has 0 aliphatic carbocycles. The van der Waals surface area contributed by atoms with Crippen LogP contribution in [0.1, 0.15) is 31.2 Å². The predicted octanol–water partition coefficient (Wildman–Crippen LogP) is 2.96. The summed E-state index contributed by atoms with van der Waals surface area (Å²) in [4.78, 5) is 12.8. The third-order valence-corrected chi connectivity index (χ3v) is 8.45. The van der Waals surface area contributed by atoms with Crippen LogP contribution in [0.5, 0.6) is 0 Å². The van der Waals surface area contributed by atoms with Gasteiger partial charge in [-0.1, -0.05) is 31.0 Å². The fraction of sp³-hybridized carbons (Fsp3) is 0.409. The van der Waals surface area contributed by atoms with Crippen molar-refractivity contribution >= 4 is 37.3 Å². The lowest BCUT2D eigenvalue weighted by atomic mass is 10.2. The topological polar surface area (TPSA) is 104 Å². The van der Waals surface area contributed by atoms with E-state index in [0.29, 0.717) is 24.5 Å². The van der Waals surface area contributed by atoms with E-state index in [-0.39, 0.29) is 4.90 Å². The molecule has 8 nitrogen and oxygen atoms in total. The molecule has 0 bridgehead atoms. The first kappa shape index (κ1) is 24.2. The van der Waals surface area contributed by atoms with Gasteiger partial charge in [-0.15, -0.1) is 0 Å². The van der Waals surface area contributed by atoms with Gasteiger partial charge in [0.15, 0.2) is 0 Å². The summed E-state index contributed by atoms with van der Waals surface area (Å²) >= 11 is 0. The van der Waals surface area contributed by atoms with Gasteiger partial charge in [0.25, 0.3) is 0 Å². The van der Waals surface area contributed by atoms with Crippen molar-refractivity contribution in [3.05, 3.63) is 54.1 Å². The smallest absolute Gasteiger partial charge is 0.245 e. The molecule has 0 radical (unpaired) electrons. The number of hydrogen-bond donors (Lipinski definition) is 1. The van der Waals surface area contributed by atoms with E-state index in [1.54, 1.807) is 31.2 Å². The van der Waals surface area contributed by atoms with Crippen LogP contribution >= 0.6 is 0 Å². The van der Waals surface area contributed by atoms with Crippen molar-refractivity contribution in [2.24, 2.45) is 0 Å². The minimum Gasteiger partial charge on any atom is -0.325 e. The van der Waals surface area contributed by atoms with Gasteiger partial charge in [0.1, 0.15) is 6.54 Å². The van der Waals surface area contributed by atoms with E-state index >= 15 is 0 Å². The van der Waals surface area contributed by atoms with Crippen LogP contribution in [-0.4, -0.2) is 52.9 Å². The summed E-state index contributed by atoms with van der Waals surface area (Å²) in [6.45, 7) is 2.41. The van der Waals surface area contributed by atoms with Gasteiger partial charge in [-0.25, -0.2) is 16.8 Å². The molecule has 0 atom stereocenters. The number of anilines is 2. The van der Waals surface area contributed by atoms with Gasteiger partial charge in [-0.2, -0.15) is 4.31 Å². The second kappa shape index (κ2) is 10.0. The predicted molar refractivity (Wildman–Crippen MR) is 126 cm³/mol. The Kier molecular flexibility index (Phi) is 7.58. The number of nitrogens with one attached hydrogen (secondary N) is 1. The number of para-hydroxylation sites is 1. The van der Waals surface area contributed by atoms with Gasteiger partial charge in [-0.3, -0.25) is 9.10 Å². The normalized spacial score (nSPS) is 15.7. The molecule has 0 unspecified atom stereocenters. The Hall–Kier alpha value is -2.43. The van der Waals surface area contributed by atoms with E-state index in [2.05, 4.69) is 5.32 Å². The van der Waals surface area contributed by atoms with Gasteiger partial charge < -0.3 is 5.32 Å². The summed E-state index contributed by atoms with van der Waals surface area (Å²) in [5.74, 6) is -0.526. The van der Waals surface area contributed by atoms with Crippen molar-refractivity contribution in [2.45, 2.75) is 37.5 Å². The number of carbonyl (C=O) groups is 1. The first-order valence-electron chi connectivity index (χ1n) is 10.5. The third-order valence-electron chi connectivity index (χ3n) is 5.41. The van der Waals surface area contributed by atoms with Gasteiger partial charge >= 0.3 is 0 Å². The maximum atomic E-state index is 12.9. The number of hydrogen-bond acceptors (Lipinski definition) is 5. The monoisotopic (exact) mass is 479 g/mol. The van der Waals surface area contributed by atoms with Gasteiger partial charge in [0, 0.05) is 18.8 Å². The van der Waals surface area contributed by atoms with Crippen LogP contribution in [0, 0.1) is 6.92 Å². The highest BCUT2D eigenvalue weighted by atomic mass is 32.2. The lowest BCUT2D eigenvalue weighted by molar-refractivity contribution is -0.114. The zero-order valence-corrected chi connectivity index (χ0v) is 20.0. The molecule has 1 fully saturated rings. The second-order valence-electron chi connectivity index (χ2n) is 7.95. The number of nitrogens with zero attached hydrogens (tertiary/aromatic N) is 2. The van der Waals surface area contributed by atoms with E-state index in [4.69, 9.17) is 0 Å². The molecule has 1 amide bonds. The molecular formula is C22H29N3O5S2. The summed E-state index contributed by atoms with van der Waals surface area (Å²) < 4.78 is 52.9. The highest BCUT2D eigenvalue weighted by Crippen LogP contribution is 2.23. The van der Waals surface area contributed by atoms with E-state index < -0.39 is 32.5 Å². The lowest BCUT2D eigenvalue weighted by Gasteiger charge is -2.23. The molecule has 1 N–H and O–H groups in total. The lowest BCUT2D eigenvalue weighted by Crippen LogP contribution is -2.37. The van der Waals surface area contributed by atoms with Gasteiger partial charge in [-0.05, 0) is 55.7 Å². The van der Waals surface area contributed by atoms with Crippen molar-refractivity contribution in [1.82, 2.24) is 4.31 Å².